The van der Waals surface area contributed by atoms with Crippen LogP contribution in [0.1, 0.15) is 18.1 Å². The summed E-state index contributed by atoms with van der Waals surface area (Å²) in [7, 11) is 0. The van der Waals surface area contributed by atoms with E-state index in [1.54, 1.807) is 0 Å². The minimum atomic E-state index is -0.851. The number of hydrogen-bond donors (Lipinski definition) is 3. The standard InChI is InChI=1S/C20H22N2O3/c1-2-25-16-9-7-14(8-10-16)12-21-19(20(23)24)11-15-13-22-18-6-4-3-5-17(15)18/h3-10,13,19,21-22H,2,11-12H2,1H3,(H,23,24). The zero-order valence-electron chi connectivity index (χ0n) is 14.2. The molecule has 1 atom stereocenters. The zero-order valence-corrected chi connectivity index (χ0v) is 14.2. The predicted molar refractivity (Wildman–Crippen MR) is 97.9 cm³/mol. The van der Waals surface area contributed by atoms with E-state index in [4.69, 9.17) is 4.74 Å². The minimum absolute atomic E-state index is 0.427. The quantitative estimate of drug-likeness (QED) is 0.589. The fraction of sp³-hybridized carbons (Fsp3) is 0.250. The Morgan fingerprint density at radius 3 is 2.68 bits per heavy atom. The van der Waals surface area contributed by atoms with Crippen LogP contribution in [0.2, 0.25) is 0 Å². The second-order valence-corrected chi connectivity index (χ2v) is 5.91. The number of para-hydroxylation sites is 1. The fourth-order valence-electron chi connectivity index (χ4n) is 2.88. The van der Waals surface area contributed by atoms with Gasteiger partial charge in [0.1, 0.15) is 11.8 Å². The van der Waals surface area contributed by atoms with E-state index in [0.717, 1.165) is 27.8 Å². The Hall–Kier alpha value is -2.79. The number of aromatic amines is 1. The summed E-state index contributed by atoms with van der Waals surface area (Å²) in [6.07, 6.45) is 2.32. The molecule has 0 saturated heterocycles. The first-order valence-corrected chi connectivity index (χ1v) is 8.40. The van der Waals surface area contributed by atoms with Crippen LogP contribution in [-0.2, 0) is 17.8 Å². The molecule has 0 aliphatic heterocycles. The Bertz CT molecular complexity index is 840. The first-order chi connectivity index (χ1) is 12.2. The molecule has 0 bridgehead atoms. The van der Waals surface area contributed by atoms with Crippen LogP contribution < -0.4 is 10.1 Å². The van der Waals surface area contributed by atoms with Crippen molar-refractivity contribution in [2.75, 3.05) is 6.61 Å². The molecule has 3 rings (SSSR count). The molecule has 3 N–H and O–H groups in total. The van der Waals surface area contributed by atoms with Crippen LogP contribution in [0.4, 0.5) is 0 Å². The molecule has 0 radical (unpaired) electrons. The predicted octanol–water partition coefficient (Wildman–Crippen LogP) is 3.35. The van der Waals surface area contributed by atoms with Crippen molar-refractivity contribution in [3.63, 3.8) is 0 Å². The molecule has 2 aromatic carbocycles. The lowest BCUT2D eigenvalue weighted by molar-refractivity contribution is -0.139. The van der Waals surface area contributed by atoms with E-state index in [2.05, 4.69) is 10.3 Å². The van der Waals surface area contributed by atoms with E-state index in [-0.39, 0.29) is 0 Å². The van der Waals surface area contributed by atoms with E-state index >= 15 is 0 Å². The van der Waals surface area contributed by atoms with Gasteiger partial charge in [0.2, 0.25) is 0 Å². The third-order valence-electron chi connectivity index (χ3n) is 4.18. The number of carbonyl (C=O) groups is 1. The molecule has 0 amide bonds. The Labute approximate surface area is 146 Å². The van der Waals surface area contributed by atoms with Crippen LogP contribution in [0.3, 0.4) is 0 Å². The summed E-state index contributed by atoms with van der Waals surface area (Å²) in [5, 5.41) is 13.7. The molecule has 0 aliphatic carbocycles. The highest BCUT2D eigenvalue weighted by molar-refractivity contribution is 5.84. The molecule has 1 aromatic heterocycles. The van der Waals surface area contributed by atoms with Crippen LogP contribution in [-0.4, -0.2) is 28.7 Å². The summed E-state index contributed by atoms with van der Waals surface area (Å²) in [5.41, 5.74) is 3.05. The second kappa shape index (κ2) is 7.85. The van der Waals surface area contributed by atoms with Crippen molar-refractivity contribution in [2.45, 2.75) is 25.9 Å². The molecule has 25 heavy (non-hydrogen) atoms. The average molecular weight is 338 g/mol. The van der Waals surface area contributed by atoms with Crippen LogP contribution in [0.15, 0.2) is 54.7 Å². The summed E-state index contributed by atoms with van der Waals surface area (Å²) in [6, 6.07) is 15.0. The molecule has 0 aliphatic rings. The van der Waals surface area contributed by atoms with Gasteiger partial charge in [0.15, 0.2) is 0 Å². The van der Waals surface area contributed by atoms with Gasteiger partial charge < -0.3 is 20.1 Å². The number of fused-ring (bicyclic) bond motifs is 1. The molecule has 1 heterocycles. The largest absolute Gasteiger partial charge is 0.494 e. The molecule has 0 saturated carbocycles. The third kappa shape index (κ3) is 4.19. The number of rotatable bonds is 8. The van der Waals surface area contributed by atoms with Crippen molar-refractivity contribution in [3.05, 3.63) is 65.9 Å². The summed E-state index contributed by atoms with van der Waals surface area (Å²) in [4.78, 5) is 14.8. The van der Waals surface area contributed by atoms with E-state index in [9.17, 15) is 9.90 Å². The Morgan fingerprint density at radius 2 is 1.96 bits per heavy atom. The van der Waals surface area contributed by atoms with Gasteiger partial charge in [0, 0.05) is 30.1 Å². The highest BCUT2D eigenvalue weighted by Gasteiger charge is 2.19. The van der Waals surface area contributed by atoms with Crippen molar-refractivity contribution >= 4 is 16.9 Å². The molecular formula is C20H22N2O3. The number of carboxylic acid groups (broad SMARTS) is 1. The summed E-state index contributed by atoms with van der Waals surface area (Å²) in [6.45, 7) is 3.06. The van der Waals surface area contributed by atoms with Gasteiger partial charge in [-0.05, 0) is 36.2 Å². The molecule has 1 unspecified atom stereocenters. The highest BCUT2D eigenvalue weighted by atomic mass is 16.5. The second-order valence-electron chi connectivity index (χ2n) is 5.91. The van der Waals surface area contributed by atoms with Crippen molar-refractivity contribution in [1.82, 2.24) is 10.3 Å². The van der Waals surface area contributed by atoms with Gasteiger partial charge in [-0.2, -0.15) is 0 Å². The maximum atomic E-state index is 11.6. The summed E-state index contributed by atoms with van der Waals surface area (Å²) < 4.78 is 5.42. The number of nitrogens with one attached hydrogen (secondary N) is 2. The number of carboxylic acids is 1. The summed E-state index contributed by atoms with van der Waals surface area (Å²) >= 11 is 0. The maximum absolute atomic E-state index is 11.6. The van der Waals surface area contributed by atoms with E-state index < -0.39 is 12.0 Å². The number of H-pyrrole nitrogens is 1. The lowest BCUT2D eigenvalue weighted by atomic mass is 10.0. The third-order valence-corrected chi connectivity index (χ3v) is 4.18. The zero-order chi connectivity index (χ0) is 17.6. The first kappa shape index (κ1) is 17.0. The van der Waals surface area contributed by atoms with E-state index in [1.165, 1.54) is 0 Å². The molecule has 0 fully saturated rings. The fourth-order valence-corrected chi connectivity index (χ4v) is 2.88. The van der Waals surface area contributed by atoms with Gasteiger partial charge >= 0.3 is 5.97 Å². The number of ether oxygens (including phenoxy) is 1. The van der Waals surface area contributed by atoms with Crippen molar-refractivity contribution in [1.29, 1.82) is 0 Å². The SMILES string of the molecule is CCOc1ccc(CNC(Cc2c[nH]c3ccccc23)C(=O)O)cc1. The molecular weight excluding hydrogens is 316 g/mol. The highest BCUT2D eigenvalue weighted by Crippen LogP contribution is 2.19. The van der Waals surface area contributed by atoms with Gasteiger partial charge in [0.25, 0.3) is 0 Å². The number of aromatic nitrogens is 1. The maximum Gasteiger partial charge on any atom is 0.321 e. The molecule has 3 aromatic rings. The topological polar surface area (TPSA) is 74.3 Å². The van der Waals surface area contributed by atoms with Crippen molar-refractivity contribution < 1.29 is 14.6 Å². The van der Waals surface area contributed by atoms with Gasteiger partial charge in [-0.15, -0.1) is 0 Å². The molecule has 5 nitrogen and oxygen atoms in total. The average Bonchev–Trinajstić information content (AvgIpc) is 3.03. The van der Waals surface area contributed by atoms with Crippen molar-refractivity contribution in [2.24, 2.45) is 0 Å². The molecule has 130 valence electrons. The Kier molecular flexibility index (Phi) is 5.36. The molecule has 5 heteroatoms. The molecule has 0 spiro atoms. The van der Waals surface area contributed by atoms with Gasteiger partial charge in [0.05, 0.1) is 6.61 Å². The summed E-state index contributed by atoms with van der Waals surface area (Å²) in [5.74, 6) is -0.0314. The van der Waals surface area contributed by atoms with E-state index in [0.29, 0.717) is 19.6 Å². The van der Waals surface area contributed by atoms with Crippen molar-refractivity contribution in [3.8, 4) is 5.75 Å². The van der Waals surface area contributed by atoms with Crippen LogP contribution in [0.25, 0.3) is 10.9 Å². The monoisotopic (exact) mass is 338 g/mol. The lowest BCUT2D eigenvalue weighted by Gasteiger charge is -2.14. The number of aliphatic carboxylic acids is 1. The van der Waals surface area contributed by atoms with Gasteiger partial charge in [-0.3, -0.25) is 4.79 Å². The number of benzene rings is 2. The Morgan fingerprint density at radius 1 is 1.20 bits per heavy atom. The normalized spacial score (nSPS) is 12.2. The van der Waals surface area contributed by atoms with Crippen LogP contribution in [0.5, 0.6) is 5.75 Å². The minimum Gasteiger partial charge on any atom is -0.494 e. The first-order valence-electron chi connectivity index (χ1n) is 8.40. The van der Waals surface area contributed by atoms with Crippen LogP contribution >= 0.6 is 0 Å². The van der Waals surface area contributed by atoms with Gasteiger partial charge in [-0.25, -0.2) is 0 Å². The van der Waals surface area contributed by atoms with Crippen LogP contribution in [0, 0.1) is 0 Å². The lowest BCUT2D eigenvalue weighted by Crippen LogP contribution is -2.38. The van der Waals surface area contributed by atoms with E-state index in [1.807, 2.05) is 61.7 Å². The smallest absolute Gasteiger partial charge is 0.321 e. The Balaban J connectivity index is 1.66. The number of hydrogen-bond acceptors (Lipinski definition) is 3. The van der Waals surface area contributed by atoms with Gasteiger partial charge in [-0.1, -0.05) is 30.3 Å².